The molecule has 0 saturated carbocycles. The number of halogens is 3. The highest BCUT2D eigenvalue weighted by molar-refractivity contribution is 14.1. The first kappa shape index (κ1) is 16.3. The van der Waals surface area contributed by atoms with Crippen LogP contribution in [0.3, 0.4) is 0 Å². The van der Waals surface area contributed by atoms with E-state index in [1.165, 1.54) is 6.21 Å². The van der Waals surface area contributed by atoms with Crippen molar-refractivity contribution in [3.8, 4) is 5.75 Å². The molecule has 0 aliphatic carbocycles. The highest BCUT2D eigenvalue weighted by atomic mass is 127. The summed E-state index contributed by atoms with van der Waals surface area (Å²) < 4.78 is 12.0. The van der Waals surface area contributed by atoms with Gasteiger partial charge in [-0.3, -0.25) is 4.79 Å². The number of carbonyl (C=O) groups is 1. The Hall–Kier alpha value is -1.06. The van der Waals surface area contributed by atoms with Gasteiger partial charge in [0.2, 0.25) is 0 Å². The fourth-order valence-electron chi connectivity index (χ4n) is 1.33. The van der Waals surface area contributed by atoms with E-state index >= 15 is 0 Å². The number of benzene rings is 1. The third kappa shape index (κ3) is 5.33. The van der Waals surface area contributed by atoms with E-state index in [1.54, 1.807) is 30.3 Å². The summed E-state index contributed by atoms with van der Waals surface area (Å²) in [6.45, 7) is -0.159. The average Bonchev–Trinajstić information content (AvgIpc) is 2.83. The van der Waals surface area contributed by atoms with Crippen LogP contribution in [-0.2, 0) is 4.79 Å². The van der Waals surface area contributed by atoms with Gasteiger partial charge in [-0.2, -0.15) is 5.10 Å². The number of hydrogen-bond donors (Lipinski definition) is 1. The summed E-state index contributed by atoms with van der Waals surface area (Å²) in [6.07, 6.45) is 1.41. The van der Waals surface area contributed by atoms with Crippen molar-refractivity contribution in [2.24, 2.45) is 5.10 Å². The van der Waals surface area contributed by atoms with Gasteiger partial charge < -0.3 is 9.15 Å². The molecule has 8 heteroatoms. The fourth-order valence-corrected chi connectivity index (χ4v) is 2.56. The molecule has 1 N–H and O–H groups in total. The lowest BCUT2D eigenvalue weighted by molar-refractivity contribution is -0.123. The van der Waals surface area contributed by atoms with Crippen LogP contribution in [0, 0.1) is 3.77 Å². The predicted octanol–water partition coefficient (Wildman–Crippen LogP) is 3.83. The molecule has 0 saturated heterocycles. The maximum atomic E-state index is 11.6. The number of hydrazone groups is 1. The molecule has 0 aliphatic rings. The third-order valence-electron chi connectivity index (χ3n) is 2.23. The SMILES string of the molecule is O=C(COc1ccc(Cl)cc1Br)NN=Cc1ccc(I)o1. The van der Waals surface area contributed by atoms with Gasteiger partial charge in [-0.15, -0.1) is 0 Å². The number of nitrogens with one attached hydrogen (secondary N) is 1. The smallest absolute Gasteiger partial charge is 0.277 e. The van der Waals surface area contributed by atoms with Gasteiger partial charge in [0.05, 0.1) is 10.7 Å². The summed E-state index contributed by atoms with van der Waals surface area (Å²) in [4.78, 5) is 11.6. The minimum atomic E-state index is -0.380. The molecule has 2 rings (SSSR count). The van der Waals surface area contributed by atoms with Crippen LogP contribution in [0.5, 0.6) is 5.75 Å². The summed E-state index contributed by atoms with van der Waals surface area (Å²) in [5, 5.41) is 4.35. The van der Waals surface area contributed by atoms with Gasteiger partial charge in [0.25, 0.3) is 5.91 Å². The molecule has 1 heterocycles. The molecule has 0 radical (unpaired) electrons. The maximum Gasteiger partial charge on any atom is 0.277 e. The lowest BCUT2D eigenvalue weighted by Gasteiger charge is -2.07. The Labute approximate surface area is 148 Å². The molecule has 110 valence electrons. The van der Waals surface area contributed by atoms with Crippen molar-refractivity contribution in [2.45, 2.75) is 0 Å². The van der Waals surface area contributed by atoms with Gasteiger partial charge in [0.15, 0.2) is 10.4 Å². The van der Waals surface area contributed by atoms with Crippen LogP contribution in [0.4, 0.5) is 0 Å². The summed E-state index contributed by atoms with van der Waals surface area (Å²) in [6, 6.07) is 8.58. The molecule has 0 aliphatic heterocycles. The van der Waals surface area contributed by atoms with Crippen LogP contribution in [0.1, 0.15) is 5.76 Å². The molecule has 0 spiro atoms. The number of rotatable bonds is 5. The molecule has 0 fully saturated rings. The molecule has 2 aromatic rings. The predicted molar refractivity (Wildman–Crippen MR) is 91.8 cm³/mol. The zero-order chi connectivity index (χ0) is 15.2. The van der Waals surface area contributed by atoms with E-state index in [4.69, 9.17) is 20.8 Å². The molecular formula is C13H9BrClIN2O3. The molecule has 1 aromatic heterocycles. The Morgan fingerprint density at radius 1 is 1.48 bits per heavy atom. The van der Waals surface area contributed by atoms with Crippen molar-refractivity contribution >= 4 is 62.2 Å². The van der Waals surface area contributed by atoms with Gasteiger partial charge in [-0.05, 0) is 68.9 Å². The number of furan rings is 1. The van der Waals surface area contributed by atoms with E-state index in [-0.39, 0.29) is 12.5 Å². The van der Waals surface area contributed by atoms with Crippen LogP contribution in [0.15, 0.2) is 44.3 Å². The van der Waals surface area contributed by atoms with Crippen molar-refractivity contribution in [2.75, 3.05) is 6.61 Å². The van der Waals surface area contributed by atoms with E-state index in [2.05, 4.69) is 26.5 Å². The van der Waals surface area contributed by atoms with Crippen LogP contribution in [0.25, 0.3) is 0 Å². The van der Waals surface area contributed by atoms with Crippen LogP contribution < -0.4 is 10.2 Å². The Kier molecular flexibility index (Phi) is 6.07. The molecule has 21 heavy (non-hydrogen) atoms. The lowest BCUT2D eigenvalue weighted by Crippen LogP contribution is -2.24. The second-order valence-corrected chi connectivity index (χ2v) is 6.15. The number of ether oxygens (including phenoxy) is 1. The van der Waals surface area contributed by atoms with E-state index in [0.717, 1.165) is 3.77 Å². The van der Waals surface area contributed by atoms with Crippen LogP contribution in [0.2, 0.25) is 5.02 Å². The molecule has 1 aromatic carbocycles. The second-order valence-electron chi connectivity index (χ2n) is 3.80. The fraction of sp³-hybridized carbons (Fsp3) is 0.0769. The largest absolute Gasteiger partial charge is 0.483 e. The number of amides is 1. The monoisotopic (exact) mass is 482 g/mol. The first-order chi connectivity index (χ1) is 10.0. The highest BCUT2D eigenvalue weighted by Gasteiger charge is 2.05. The Morgan fingerprint density at radius 3 is 2.95 bits per heavy atom. The topological polar surface area (TPSA) is 63.8 Å². The molecular weight excluding hydrogens is 474 g/mol. The van der Waals surface area contributed by atoms with Gasteiger partial charge >= 0.3 is 0 Å². The molecule has 0 bridgehead atoms. The van der Waals surface area contributed by atoms with Crippen molar-refractivity contribution < 1.29 is 13.9 Å². The maximum absolute atomic E-state index is 11.6. The molecule has 0 unspecified atom stereocenters. The van der Waals surface area contributed by atoms with Crippen molar-refractivity contribution in [3.63, 3.8) is 0 Å². The zero-order valence-electron chi connectivity index (χ0n) is 10.5. The Bertz CT molecular complexity index is 675. The van der Waals surface area contributed by atoms with Crippen molar-refractivity contribution in [3.05, 3.63) is 49.4 Å². The number of nitrogens with zero attached hydrogens (tertiary/aromatic N) is 1. The van der Waals surface area contributed by atoms with Gasteiger partial charge in [0.1, 0.15) is 11.5 Å². The van der Waals surface area contributed by atoms with E-state index in [1.807, 2.05) is 22.6 Å². The molecule has 0 atom stereocenters. The summed E-state index contributed by atoms with van der Waals surface area (Å²) >= 11 is 11.2. The normalized spacial score (nSPS) is 10.8. The van der Waals surface area contributed by atoms with Gasteiger partial charge in [-0.25, -0.2) is 5.43 Å². The zero-order valence-corrected chi connectivity index (χ0v) is 15.0. The quantitative estimate of drug-likeness (QED) is 0.400. The molecule has 1 amide bonds. The van der Waals surface area contributed by atoms with Crippen molar-refractivity contribution in [1.82, 2.24) is 5.43 Å². The minimum Gasteiger partial charge on any atom is -0.483 e. The third-order valence-corrected chi connectivity index (χ3v) is 3.66. The summed E-state index contributed by atoms with van der Waals surface area (Å²) in [5.74, 6) is 0.703. The highest BCUT2D eigenvalue weighted by Crippen LogP contribution is 2.27. The van der Waals surface area contributed by atoms with E-state index < -0.39 is 0 Å². The first-order valence-corrected chi connectivity index (χ1v) is 7.94. The summed E-state index contributed by atoms with van der Waals surface area (Å²) in [5.41, 5.74) is 2.34. The number of carbonyl (C=O) groups excluding carboxylic acids is 1. The van der Waals surface area contributed by atoms with E-state index in [0.29, 0.717) is 21.0 Å². The standard InChI is InChI=1S/C13H9BrClIN2O3/c14-10-5-8(15)1-3-11(10)20-7-13(19)18-17-6-9-2-4-12(16)21-9/h1-6H,7H2,(H,18,19). The van der Waals surface area contributed by atoms with Crippen LogP contribution >= 0.6 is 50.1 Å². The Morgan fingerprint density at radius 2 is 2.29 bits per heavy atom. The minimum absolute atomic E-state index is 0.159. The Balaban J connectivity index is 1.81. The van der Waals surface area contributed by atoms with Gasteiger partial charge in [-0.1, -0.05) is 11.6 Å². The number of hydrogen-bond acceptors (Lipinski definition) is 4. The van der Waals surface area contributed by atoms with Crippen LogP contribution in [-0.4, -0.2) is 18.7 Å². The first-order valence-electron chi connectivity index (χ1n) is 5.69. The summed E-state index contributed by atoms with van der Waals surface area (Å²) in [7, 11) is 0. The average molecular weight is 483 g/mol. The lowest BCUT2D eigenvalue weighted by atomic mass is 10.3. The van der Waals surface area contributed by atoms with E-state index in [9.17, 15) is 4.79 Å². The van der Waals surface area contributed by atoms with Gasteiger partial charge in [0, 0.05) is 5.02 Å². The second kappa shape index (κ2) is 7.81. The van der Waals surface area contributed by atoms with Crippen molar-refractivity contribution in [1.29, 1.82) is 0 Å². The molecule has 5 nitrogen and oxygen atoms in total.